The molecule has 1 aromatic heterocycles. The van der Waals surface area contributed by atoms with Crippen LogP contribution in [0.5, 0.6) is 0 Å². The molecule has 0 unspecified atom stereocenters. The first-order valence-electron chi connectivity index (χ1n) is 5.69. The minimum Gasteiger partial charge on any atom is -0.368 e. The van der Waals surface area contributed by atoms with Crippen molar-refractivity contribution in [3.63, 3.8) is 0 Å². The lowest BCUT2D eigenvalue weighted by Gasteiger charge is -2.24. The number of anilines is 1. The fourth-order valence-corrected chi connectivity index (χ4v) is 1.98. The lowest BCUT2D eigenvalue weighted by atomic mass is 10.2. The maximum absolute atomic E-state index is 5.91. The van der Waals surface area contributed by atoms with E-state index in [-0.39, 0.29) is 0 Å². The van der Waals surface area contributed by atoms with Gasteiger partial charge in [-0.2, -0.15) is 0 Å². The third-order valence-corrected chi connectivity index (χ3v) is 2.99. The SMILES string of the molecule is CCCCN(c1ccnc(Cl)c1)C1CC1. The van der Waals surface area contributed by atoms with Crippen LogP contribution >= 0.6 is 11.6 Å². The molecule has 1 fully saturated rings. The van der Waals surface area contributed by atoms with Crippen molar-refractivity contribution in [3.8, 4) is 0 Å². The summed E-state index contributed by atoms with van der Waals surface area (Å²) in [5.74, 6) is 0. The van der Waals surface area contributed by atoms with E-state index in [1.165, 1.54) is 31.4 Å². The summed E-state index contributed by atoms with van der Waals surface area (Å²) in [7, 11) is 0. The summed E-state index contributed by atoms with van der Waals surface area (Å²) in [6, 6.07) is 4.77. The van der Waals surface area contributed by atoms with Crippen molar-refractivity contribution in [2.45, 2.75) is 38.6 Å². The Bertz CT molecular complexity index is 323. The predicted octanol–water partition coefficient (Wildman–Crippen LogP) is 3.50. The van der Waals surface area contributed by atoms with Gasteiger partial charge in [0.05, 0.1) is 0 Å². The zero-order valence-electron chi connectivity index (χ0n) is 9.12. The molecule has 0 bridgehead atoms. The molecule has 82 valence electrons. The number of pyridine rings is 1. The van der Waals surface area contributed by atoms with Crippen LogP contribution in [0.1, 0.15) is 32.6 Å². The Hall–Kier alpha value is -0.760. The van der Waals surface area contributed by atoms with Gasteiger partial charge in [-0.1, -0.05) is 24.9 Å². The van der Waals surface area contributed by atoms with Crippen molar-refractivity contribution < 1.29 is 0 Å². The smallest absolute Gasteiger partial charge is 0.131 e. The molecule has 0 atom stereocenters. The summed E-state index contributed by atoms with van der Waals surface area (Å²) < 4.78 is 0. The van der Waals surface area contributed by atoms with Gasteiger partial charge in [0, 0.05) is 24.5 Å². The van der Waals surface area contributed by atoms with E-state index in [9.17, 15) is 0 Å². The average Bonchev–Trinajstić information content (AvgIpc) is 3.03. The van der Waals surface area contributed by atoms with Crippen LogP contribution in [0.4, 0.5) is 5.69 Å². The van der Waals surface area contributed by atoms with Gasteiger partial charge in [0.25, 0.3) is 0 Å². The summed E-state index contributed by atoms with van der Waals surface area (Å²) in [5, 5.41) is 0.592. The van der Waals surface area contributed by atoms with E-state index in [1.807, 2.05) is 6.07 Å². The van der Waals surface area contributed by atoms with Gasteiger partial charge in [-0.3, -0.25) is 0 Å². The second-order valence-corrected chi connectivity index (χ2v) is 4.50. The van der Waals surface area contributed by atoms with Crippen LogP contribution in [0.25, 0.3) is 0 Å². The first-order chi connectivity index (χ1) is 7.31. The molecule has 15 heavy (non-hydrogen) atoms. The van der Waals surface area contributed by atoms with Gasteiger partial charge < -0.3 is 4.90 Å². The van der Waals surface area contributed by atoms with E-state index in [0.717, 1.165) is 12.6 Å². The van der Waals surface area contributed by atoms with Crippen LogP contribution in [0, 0.1) is 0 Å². The molecule has 0 amide bonds. The standard InChI is InChI=1S/C12H17ClN2/c1-2-3-8-15(10-4-5-10)11-6-7-14-12(13)9-11/h6-7,9-10H,2-5,8H2,1H3. The number of halogens is 1. The highest BCUT2D eigenvalue weighted by molar-refractivity contribution is 6.29. The summed E-state index contributed by atoms with van der Waals surface area (Å²) >= 11 is 5.91. The Morgan fingerprint density at radius 2 is 2.33 bits per heavy atom. The third kappa shape index (κ3) is 2.85. The quantitative estimate of drug-likeness (QED) is 0.712. The molecule has 1 aliphatic rings. The summed E-state index contributed by atoms with van der Waals surface area (Å²) in [5.41, 5.74) is 1.23. The molecule has 2 rings (SSSR count). The largest absolute Gasteiger partial charge is 0.368 e. The number of hydrogen-bond donors (Lipinski definition) is 0. The number of unbranched alkanes of at least 4 members (excludes halogenated alkanes) is 1. The Kier molecular flexibility index (Phi) is 3.47. The predicted molar refractivity (Wildman–Crippen MR) is 64.5 cm³/mol. The Balaban J connectivity index is 2.09. The minimum atomic E-state index is 0.592. The maximum atomic E-state index is 5.91. The number of hydrogen-bond acceptors (Lipinski definition) is 2. The van der Waals surface area contributed by atoms with Crippen molar-refractivity contribution in [3.05, 3.63) is 23.5 Å². The molecule has 0 N–H and O–H groups in total. The van der Waals surface area contributed by atoms with Gasteiger partial charge in [-0.05, 0) is 31.4 Å². The number of rotatable bonds is 5. The first kappa shape index (κ1) is 10.7. The molecular weight excluding hydrogens is 208 g/mol. The molecule has 3 heteroatoms. The Morgan fingerprint density at radius 1 is 1.53 bits per heavy atom. The van der Waals surface area contributed by atoms with Crippen LogP contribution in [0.15, 0.2) is 18.3 Å². The molecule has 2 nitrogen and oxygen atoms in total. The van der Waals surface area contributed by atoms with Gasteiger partial charge in [0.2, 0.25) is 0 Å². The molecule has 1 aromatic rings. The molecule has 0 spiro atoms. The minimum absolute atomic E-state index is 0.592. The summed E-state index contributed by atoms with van der Waals surface area (Å²) in [4.78, 5) is 6.49. The number of aromatic nitrogens is 1. The zero-order chi connectivity index (χ0) is 10.7. The van der Waals surface area contributed by atoms with E-state index in [0.29, 0.717) is 5.15 Å². The summed E-state index contributed by atoms with van der Waals surface area (Å²) in [6.45, 7) is 3.37. The fraction of sp³-hybridized carbons (Fsp3) is 0.583. The van der Waals surface area contributed by atoms with Crippen LogP contribution in [0.3, 0.4) is 0 Å². The highest BCUT2D eigenvalue weighted by atomic mass is 35.5. The third-order valence-electron chi connectivity index (χ3n) is 2.78. The van der Waals surface area contributed by atoms with E-state index in [1.54, 1.807) is 6.20 Å². The van der Waals surface area contributed by atoms with Crippen LogP contribution in [0.2, 0.25) is 5.15 Å². The lowest BCUT2D eigenvalue weighted by Crippen LogP contribution is -2.26. The van der Waals surface area contributed by atoms with Crippen LogP contribution in [-0.2, 0) is 0 Å². The molecule has 0 aliphatic heterocycles. The van der Waals surface area contributed by atoms with Crippen molar-refractivity contribution in [1.82, 2.24) is 4.98 Å². The second-order valence-electron chi connectivity index (χ2n) is 4.11. The monoisotopic (exact) mass is 224 g/mol. The molecule has 0 aromatic carbocycles. The van der Waals surface area contributed by atoms with E-state index in [4.69, 9.17) is 11.6 Å². The van der Waals surface area contributed by atoms with Gasteiger partial charge in [-0.15, -0.1) is 0 Å². The molecule has 1 heterocycles. The van der Waals surface area contributed by atoms with Crippen molar-refractivity contribution >= 4 is 17.3 Å². The molecule has 0 saturated heterocycles. The first-order valence-corrected chi connectivity index (χ1v) is 6.07. The van der Waals surface area contributed by atoms with Crippen LogP contribution in [-0.4, -0.2) is 17.6 Å². The topological polar surface area (TPSA) is 16.1 Å². The lowest BCUT2D eigenvalue weighted by molar-refractivity contribution is 0.712. The average molecular weight is 225 g/mol. The summed E-state index contributed by atoms with van der Waals surface area (Å²) in [6.07, 6.45) is 6.92. The van der Waals surface area contributed by atoms with Crippen molar-refractivity contribution in [2.24, 2.45) is 0 Å². The molecule has 1 saturated carbocycles. The van der Waals surface area contributed by atoms with Crippen molar-refractivity contribution in [1.29, 1.82) is 0 Å². The zero-order valence-corrected chi connectivity index (χ0v) is 9.87. The molecule has 0 radical (unpaired) electrons. The van der Waals surface area contributed by atoms with Gasteiger partial charge in [0.15, 0.2) is 0 Å². The van der Waals surface area contributed by atoms with E-state index < -0.39 is 0 Å². The highest BCUT2D eigenvalue weighted by Crippen LogP contribution is 2.32. The number of nitrogens with zero attached hydrogens (tertiary/aromatic N) is 2. The highest BCUT2D eigenvalue weighted by Gasteiger charge is 2.28. The van der Waals surface area contributed by atoms with Crippen LogP contribution < -0.4 is 4.90 Å². The molecular formula is C12H17ClN2. The maximum Gasteiger partial charge on any atom is 0.131 e. The molecule has 1 aliphatic carbocycles. The van der Waals surface area contributed by atoms with Gasteiger partial charge in [-0.25, -0.2) is 4.98 Å². The van der Waals surface area contributed by atoms with Gasteiger partial charge >= 0.3 is 0 Å². The second kappa shape index (κ2) is 4.84. The van der Waals surface area contributed by atoms with E-state index >= 15 is 0 Å². The fourth-order valence-electron chi connectivity index (χ4n) is 1.81. The Labute approximate surface area is 96.3 Å². The van der Waals surface area contributed by atoms with Gasteiger partial charge in [0.1, 0.15) is 5.15 Å². The van der Waals surface area contributed by atoms with E-state index in [2.05, 4.69) is 22.9 Å². The normalized spacial score (nSPS) is 15.3. The Morgan fingerprint density at radius 3 is 2.93 bits per heavy atom. The van der Waals surface area contributed by atoms with Crippen molar-refractivity contribution in [2.75, 3.05) is 11.4 Å².